The summed E-state index contributed by atoms with van der Waals surface area (Å²) in [6.45, 7) is 0. The van der Waals surface area contributed by atoms with Gasteiger partial charge >= 0.3 is 0 Å². The second-order valence-electron chi connectivity index (χ2n) is 13.7. The van der Waals surface area contributed by atoms with Crippen molar-refractivity contribution in [1.29, 1.82) is 0 Å². The summed E-state index contributed by atoms with van der Waals surface area (Å²) in [7, 11) is 0. The molecule has 1 aromatic heterocycles. The minimum atomic E-state index is 0.886. The average molecular weight is 690 g/mol. The molecule has 0 spiro atoms. The number of hydrogen-bond donors (Lipinski definition) is 0. The van der Waals surface area contributed by atoms with E-state index < -0.39 is 0 Å². The number of benzene rings is 9. The summed E-state index contributed by atoms with van der Waals surface area (Å²) in [4.78, 5) is 2.37. The molecule has 10 rings (SSSR count). The van der Waals surface area contributed by atoms with E-state index in [2.05, 4.69) is 205 Å². The molecule has 54 heavy (non-hydrogen) atoms. The minimum Gasteiger partial charge on any atom is -0.456 e. The molecule has 2 nitrogen and oxygen atoms in total. The van der Waals surface area contributed by atoms with Gasteiger partial charge in [-0.05, 0) is 98.2 Å². The van der Waals surface area contributed by atoms with Crippen LogP contribution in [-0.4, -0.2) is 0 Å². The molecule has 0 amide bonds. The summed E-state index contributed by atoms with van der Waals surface area (Å²) in [6, 6.07) is 75.9. The molecule has 0 bridgehead atoms. The molecule has 1 heterocycles. The minimum absolute atomic E-state index is 0.886. The van der Waals surface area contributed by atoms with E-state index in [1.54, 1.807) is 0 Å². The number of hydrogen-bond acceptors (Lipinski definition) is 2. The Kier molecular flexibility index (Phi) is 7.85. The molecule has 0 fully saturated rings. The van der Waals surface area contributed by atoms with Gasteiger partial charge in [-0.25, -0.2) is 0 Å². The number of rotatable bonds is 7. The highest BCUT2D eigenvalue weighted by molar-refractivity contribution is 6.06. The summed E-state index contributed by atoms with van der Waals surface area (Å²) in [5.74, 6) is 0. The highest BCUT2D eigenvalue weighted by atomic mass is 16.3. The van der Waals surface area contributed by atoms with Gasteiger partial charge in [0.15, 0.2) is 0 Å². The van der Waals surface area contributed by atoms with Gasteiger partial charge in [-0.2, -0.15) is 0 Å². The lowest BCUT2D eigenvalue weighted by Crippen LogP contribution is -2.11. The first-order chi connectivity index (χ1) is 26.8. The highest BCUT2D eigenvalue weighted by Crippen LogP contribution is 2.44. The van der Waals surface area contributed by atoms with E-state index in [-0.39, 0.29) is 0 Å². The van der Waals surface area contributed by atoms with Gasteiger partial charge in [0.25, 0.3) is 0 Å². The van der Waals surface area contributed by atoms with Crippen LogP contribution in [-0.2, 0) is 0 Å². The molecule has 0 radical (unpaired) electrons. The van der Waals surface area contributed by atoms with Crippen LogP contribution < -0.4 is 4.90 Å². The molecule has 0 N–H and O–H groups in total. The summed E-state index contributed by atoms with van der Waals surface area (Å²) in [5, 5.41) is 4.76. The van der Waals surface area contributed by atoms with Crippen molar-refractivity contribution in [3.8, 4) is 44.5 Å². The molecule has 0 saturated carbocycles. The van der Waals surface area contributed by atoms with Crippen LogP contribution in [0.4, 0.5) is 17.1 Å². The lowest BCUT2D eigenvalue weighted by atomic mass is 9.91. The Hall–Kier alpha value is -7.16. The second kappa shape index (κ2) is 13.4. The Balaban J connectivity index is 1.10. The number of para-hydroxylation sites is 2. The van der Waals surface area contributed by atoms with Crippen molar-refractivity contribution in [1.82, 2.24) is 0 Å². The Morgan fingerprint density at radius 3 is 1.63 bits per heavy atom. The summed E-state index contributed by atoms with van der Waals surface area (Å²) in [5.41, 5.74) is 14.5. The largest absolute Gasteiger partial charge is 0.456 e. The van der Waals surface area contributed by atoms with Gasteiger partial charge in [-0.15, -0.1) is 0 Å². The topological polar surface area (TPSA) is 16.4 Å². The van der Waals surface area contributed by atoms with Gasteiger partial charge < -0.3 is 9.32 Å². The van der Waals surface area contributed by atoms with Crippen LogP contribution in [0.15, 0.2) is 217 Å². The van der Waals surface area contributed by atoms with Crippen molar-refractivity contribution >= 4 is 49.8 Å². The Bertz CT molecular complexity index is 2920. The van der Waals surface area contributed by atoms with Gasteiger partial charge in [0.2, 0.25) is 0 Å². The van der Waals surface area contributed by atoms with Crippen molar-refractivity contribution in [2.24, 2.45) is 0 Å². The third-order valence-electron chi connectivity index (χ3n) is 10.5. The van der Waals surface area contributed by atoms with Crippen LogP contribution in [0.5, 0.6) is 0 Å². The Morgan fingerprint density at radius 1 is 0.296 bits per heavy atom. The van der Waals surface area contributed by atoms with E-state index in [1.165, 1.54) is 44.2 Å². The van der Waals surface area contributed by atoms with Crippen molar-refractivity contribution in [3.05, 3.63) is 212 Å². The van der Waals surface area contributed by atoms with Crippen LogP contribution in [0.3, 0.4) is 0 Å². The monoisotopic (exact) mass is 689 g/mol. The number of nitrogens with zero attached hydrogens (tertiary/aromatic N) is 1. The smallest absolute Gasteiger partial charge is 0.136 e. The first kappa shape index (κ1) is 31.6. The van der Waals surface area contributed by atoms with Crippen LogP contribution >= 0.6 is 0 Å². The summed E-state index contributed by atoms with van der Waals surface area (Å²) < 4.78 is 6.35. The fourth-order valence-electron chi connectivity index (χ4n) is 7.89. The van der Waals surface area contributed by atoms with Gasteiger partial charge in [0, 0.05) is 27.7 Å². The zero-order valence-electron chi connectivity index (χ0n) is 29.6. The van der Waals surface area contributed by atoms with Crippen molar-refractivity contribution in [2.75, 3.05) is 4.90 Å². The fraction of sp³-hybridized carbons (Fsp3) is 0. The molecule has 0 unspecified atom stereocenters. The van der Waals surface area contributed by atoms with E-state index >= 15 is 0 Å². The zero-order chi connectivity index (χ0) is 35.8. The molecule has 0 saturated heterocycles. The van der Waals surface area contributed by atoms with Gasteiger partial charge in [-0.1, -0.05) is 164 Å². The SMILES string of the molecule is c1ccc(-c2ccc(N(c3ccc(-c4ccccc4-c4cccc5ccccc45)cc3)c3ccccc3-c3ccc4c(c3)oc3ccccc34)cc2)cc1. The standard InChI is InChI=1S/C52H35NO/c1-2-13-36(14-3-1)37-25-30-41(31-26-37)53(50-23-10-8-19-45(50)40-29-34-49-48-21-9-11-24-51(48)54-52(49)35-40)42-32-27-39(28-33-42)44-18-6-7-20-46(44)47-22-12-16-38-15-4-5-17-43(38)47/h1-35H. The second-order valence-corrected chi connectivity index (χ2v) is 13.7. The maximum atomic E-state index is 6.35. The summed E-state index contributed by atoms with van der Waals surface area (Å²) >= 11 is 0. The molecule has 10 aromatic rings. The number of furan rings is 1. The number of fused-ring (bicyclic) bond motifs is 4. The molecule has 0 aliphatic carbocycles. The normalized spacial score (nSPS) is 11.3. The first-order valence-corrected chi connectivity index (χ1v) is 18.4. The van der Waals surface area contributed by atoms with Crippen molar-refractivity contribution in [3.63, 3.8) is 0 Å². The Morgan fingerprint density at radius 2 is 0.833 bits per heavy atom. The molecule has 254 valence electrons. The first-order valence-electron chi connectivity index (χ1n) is 18.4. The van der Waals surface area contributed by atoms with Crippen molar-refractivity contribution in [2.45, 2.75) is 0 Å². The molecule has 0 aliphatic rings. The molecular weight excluding hydrogens is 655 g/mol. The molecule has 9 aromatic carbocycles. The van der Waals surface area contributed by atoms with Gasteiger partial charge in [0.1, 0.15) is 11.2 Å². The van der Waals surface area contributed by atoms with Crippen LogP contribution in [0, 0.1) is 0 Å². The predicted octanol–water partition coefficient (Wildman–Crippen LogP) is 14.9. The zero-order valence-corrected chi connectivity index (χ0v) is 29.6. The molecule has 0 aliphatic heterocycles. The van der Waals surface area contributed by atoms with E-state index in [0.29, 0.717) is 0 Å². The van der Waals surface area contributed by atoms with E-state index in [0.717, 1.165) is 50.1 Å². The van der Waals surface area contributed by atoms with E-state index in [9.17, 15) is 0 Å². The van der Waals surface area contributed by atoms with Crippen LogP contribution in [0.1, 0.15) is 0 Å². The average Bonchev–Trinajstić information content (AvgIpc) is 3.63. The molecule has 0 atom stereocenters. The van der Waals surface area contributed by atoms with E-state index in [4.69, 9.17) is 4.42 Å². The maximum Gasteiger partial charge on any atom is 0.136 e. The van der Waals surface area contributed by atoms with Crippen LogP contribution in [0.25, 0.3) is 77.2 Å². The van der Waals surface area contributed by atoms with Crippen LogP contribution in [0.2, 0.25) is 0 Å². The Labute approximate surface area is 314 Å². The predicted molar refractivity (Wildman–Crippen MR) is 228 cm³/mol. The third kappa shape index (κ3) is 5.62. The van der Waals surface area contributed by atoms with E-state index in [1.807, 2.05) is 12.1 Å². The lowest BCUT2D eigenvalue weighted by molar-refractivity contribution is 0.669. The quantitative estimate of drug-likeness (QED) is 0.166. The highest BCUT2D eigenvalue weighted by Gasteiger charge is 2.19. The van der Waals surface area contributed by atoms with Gasteiger partial charge in [-0.3, -0.25) is 0 Å². The van der Waals surface area contributed by atoms with Crippen molar-refractivity contribution < 1.29 is 4.42 Å². The maximum absolute atomic E-state index is 6.35. The molecular formula is C52H35NO. The third-order valence-corrected chi connectivity index (χ3v) is 10.5. The lowest BCUT2D eigenvalue weighted by Gasteiger charge is -2.28. The summed E-state index contributed by atoms with van der Waals surface area (Å²) in [6.07, 6.45) is 0. The number of anilines is 3. The van der Waals surface area contributed by atoms with Gasteiger partial charge in [0.05, 0.1) is 5.69 Å². The fourth-order valence-corrected chi connectivity index (χ4v) is 7.89. The molecule has 2 heteroatoms.